The summed E-state index contributed by atoms with van der Waals surface area (Å²) in [6.45, 7) is 3.23. The summed E-state index contributed by atoms with van der Waals surface area (Å²) in [5.74, 6) is 0.346. The Balaban J connectivity index is 1.91. The molecule has 1 fully saturated rings. The van der Waals surface area contributed by atoms with Gasteiger partial charge in [0.1, 0.15) is 5.82 Å². The first-order chi connectivity index (χ1) is 11.0. The van der Waals surface area contributed by atoms with E-state index in [0.717, 1.165) is 36.5 Å². The number of nitrogens with zero attached hydrogens (tertiary/aromatic N) is 3. The van der Waals surface area contributed by atoms with Gasteiger partial charge in [-0.3, -0.25) is 4.79 Å². The predicted octanol–water partition coefficient (Wildman–Crippen LogP) is 3.41. The van der Waals surface area contributed by atoms with Crippen LogP contribution in [0.3, 0.4) is 0 Å². The van der Waals surface area contributed by atoms with E-state index in [9.17, 15) is 9.90 Å². The molecular formula is C17H18ClN3O2. The highest BCUT2D eigenvalue weighted by Crippen LogP contribution is 2.25. The zero-order valence-corrected chi connectivity index (χ0v) is 13.6. The quantitative estimate of drug-likeness (QED) is 0.933. The Hall–Kier alpha value is -2.14. The molecule has 1 aliphatic heterocycles. The summed E-state index contributed by atoms with van der Waals surface area (Å²) in [5, 5.41) is 9.91. The van der Waals surface area contributed by atoms with E-state index in [-0.39, 0.29) is 5.92 Å². The maximum Gasteiger partial charge on any atom is 0.308 e. The molecule has 0 amide bonds. The number of carboxylic acids is 1. The van der Waals surface area contributed by atoms with Gasteiger partial charge in [-0.2, -0.15) is 0 Å². The van der Waals surface area contributed by atoms with Gasteiger partial charge < -0.3 is 10.0 Å². The van der Waals surface area contributed by atoms with E-state index in [1.165, 1.54) is 0 Å². The third kappa shape index (κ3) is 3.62. The van der Waals surface area contributed by atoms with E-state index in [4.69, 9.17) is 11.6 Å². The summed E-state index contributed by atoms with van der Waals surface area (Å²) in [4.78, 5) is 22.4. The van der Waals surface area contributed by atoms with Crippen molar-refractivity contribution in [1.29, 1.82) is 0 Å². The molecule has 120 valence electrons. The lowest BCUT2D eigenvalue weighted by atomic mass is 9.98. The lowest BCUT2D eigenvalue weighted by Crippen LogP contribution is -2.39. The van der Waals surface area contributed by atoms with E-state index in [1.54, 1.807) is 0 Å². The number of hydrogen-bond acceptors (Lipinski definition) is 4. The fourth-order valence-corrected chi connectivity index (χ4v) is 2.95. The van der Waals surface area contributed by atoms with Crippen LogP contribution in [0, 0.1) is 12.8 Å². The van der Waals surface area contributed by atoms with Gasteiger partial charge in [-0.1, -0.05) is 11.6 Å². The van der Waals surface area contributed by atoms with Crippen molar-refractivity contribution in [2.45, 2.75) is 19.8 Å². The second-order valence-corrected chi connectivity index (χ2v) is 6.26. The number of hydrogen-bond donors (Lipinski definition) is 1. The molecule has 0 aliphatic carbocycles. The van der Waals surface area contributed by atoms with Gasteiger partial charge in [-0.05, 0) is 44.0 Å². The molecule has 6 heteroatoms. The third-order valence-corrected chi connectivity index (χ3v) is 4.29. The highest BCUT2D eigenvalue weighted by Gasteiger charge is 2.26. The summed E-state index contributed by atoms with van der Waals surface area (Å²) in [5.41, 5.74) is 1.75. The van der Waals surface area contributed by atoms with Crippen molar-refractivity contribution in [3.8, 4) is 11.4 Å². The molecule has 1 atom stereocenters. The van der Waals surface area contributed by atoms with Crippen molar-refractivity contribution in [3.05, 3.63) is 41.0 Å². The van der Waals surface area contributed by atoms with Crippen LogP contribution in [0.1, 0.15) is 18.5 Å². The molecule has 1 aromatic heterocycles. The summed E-state index contributed by atoms with van der Waals surface area (Å²) in [6.07, 6.45) is 1.58. The predicted molar refractivity (Wildman–Crippen MR) is 89.8 cm³/mol. The number of halogens is 1. The van der Waals surface area contributed by atoms with E-state index in [2.05, 4.69) is 9.97 Å². The molecule has 0 bridgehead atoms. The van der Waals surface area contributed by atoms with Crippen molar-refractivity contribution in [3.63, 3.8) is 0 Å². The van der Waals surface area contributed by atoms with Crippen LogP contribution in [0.25, 0.3) is 11.4 Å². The van der Waals surface area contributed by atoms with Crippen molar-refractivity contribution in [2.24, 2.45) is 5.92 Å². The SMILES string of the molecule is Cc1cc(N2CCCC(C(=O)O)C2)nc(-c2ccc(Cl)cc2)n1. The van der Waals surface area contributed by atoms with Crippen LogP contribution in [0.5, 0.6) is 0 Å². The molecule has 23 heavy (non-hydrogen) atoms. The minimum absolute atomic E-state index is 0.335. The highest BCUT2D eigenvalue weighted by molar-refractivity contribution is 6.30. The number of benzene rings is 1. The average molecular weight is 332 g/mol. The Kier molecular flexibility index (Phi) is 4.48. The van der Waals surface area contributed by atoms with Crippen LogP contribution >= 0.6 is 11.6 Å². The molecule has 1 saturated heterocycles. The Morgan fingerprint density at radius 3 is 2.74 bits per heavy atom. The zero-order chi connectivity index (χ0) is 16.4. The molecular weight excluding hydrogens is 314 g/mol. The van der Waals surface area contributed by atoms with Crippen LogP contribution in [0.4, 0.5) is 5.82 Å². The van der Waals surface area contributed by atoms with Crippen LogP contribution in [-0.2, 0) is 4.79 Å². The van der Waals surface area contributed by atoms with Crippen LogP contribution in [-0.4, -0.2) is 34.1 Å². The van der Waals surface area contributed by atoms with Crippen molar-refractivity contribution in [2.75, 3.05) is 18.0 Å². The number of aliphatic carboxylic acids is 1. The third-order valence-electron chi connectivity index (χ3n) is 4.04. The number of carbonyl (C=O) groups is 1. The molecule has 1 N–H and O–H groups in total. The minimum atomic E-state index is -0.738. The molecule has 3 rings (SSSR count). The second kappa shape index (κ2) is 6.54. The van der Waals surface area contributed by atoms with Crippen molar-refractivity contribution in [1.82, 2.24) is 9.97 Å². The number of rotatable bonds is 3. The van der Waals surface area contributed by atoms with Gasteiger partial charge in [-0.25, -0.2) is 9.97 Å². The summed E-state index contributed by atoms with van der Waals surface area (Å²) in [7, 11) is 0. The molecule has 0 radical (unpaired) electrons. The van der Waals surface area contributed by atoms with E-state index in [1.807, 2.05) is 42.2 Å². The fraction of sp³-hybridized carbons (Fsp3) is 0.353. The number of aryl methyl sites for hydroxylation is 1. The largest absolute Gasteiger partial charge is 0.481 e. The Labute approximate surface area is 139 Å². The molecule has 1 unspecified atom stereocenters. The standard InChI is InChI=1S/C17H18ClN3O2/c1-11-9-15(21-8-2-3-13(10-21)17(22)23)20-16(19-11)12-4-6-14(18)7-5-12/h4-7,9,13H,2-3,8,10H2,1H3,(H,22,23). The fourth-order valence-electron chi connectivity index (χ4n) is 2.83. The van der Waals surface area contributed by atoms with E-state index in [0.29, 0.717) is 17.4 Å². The first-order valence-electron chi connectivity index (χ1n) is 7.62. The molecule has 0 spiro atoms. The molecule has 0 saturated carbocycles. The lowest BCUT2D eigenvalue weighted by molar-refractivity contribution is -0.141. The van der Waals surface area contributed by atoms with Gasteiger partial charge in [-0.15, -0.1) is 0 Å². The number of aromatic nitrogens is 2. The van der Waals surface area contributed by atoms with E-state index >= 15 is 0 Å². The molecule has 5 nitrogen and oxygen atoms in total. The Morgan fingerprint density at radius 2 is 2.04 bits per heavy atom. The number of piperidine rings is 1. The molecule has 1 aliphatic rings. The topological polar surface area (TPSA) is 66.3 Å². The van der Waals surface area contributed by atoms with Gasteiger partial charge in [0.2, 0.25) is 0 Å². The summed E-state index contributed by atoms with van der Waals surface area (Å²) in [6, 6.07) is 9.30. The Morgan fingerprint density at radius 1 is 1.30 bits per heavy atom. The van der Waals surface area contributed by atoms with Crippen LogP contribution in [0.2, 0.25) is 5.02 Å². The maximum absolute atomic E-state index is 11.2. The first kappa shape index (κ1) is 15.7. The first-order valence-corrected chi connectivity index (χ1v) is 8.00. The zero-order valence-electron chi connectivity index (χ0n) is 12.9. The summed E-state index contributed by atoms with van der Waals surface area (Å²) >= 11 is 5.92. The summed E-state index contributed by atoms with van der Waals surface area (Å²) < 4.78 is 0. The average Bonchev–Trinajstić information content (AvgIpc) is 2.55. The van der Waals surface area contributed by atoms with Crippen molar-refractivity contribution < 1.29 is 9.90 Å². The van der Waals surface area contributed by atoms with Gasteiger partial charge in [0.15, 0.2) is 5.82 Å². The number of carboxylic acid groups (broad SMARTS) is 1. The van der Waals surface area contributed by atoms with Crippen LogP contribution in [0.15, 0.2) is 30.3 Å². The van der Waals surface area contributed by atoms with Crippen molar-refractivity contribution >= 4 is 23.4 Å². The minimum Gasteiger partial charge on any atom is -0.481 e. The van der Waals surface area contributed by atoms with Gasteiger partial charge in [0.25, 0.3) is 0 Å². The molecule has 1 aromatic carbocycles. The highest BCUT2D eigenvalue weighted by atomic mass is 35.5. The normalized spacial score (nSPS) is 18.0. The molecule has 2 heterocycles. The van der Waals surface area contributed by atoms with Gasteiger partial charge in [0.05, 0.1) is 5.92 Å². The second-order valence-electron chi connectivity index (χ2n) is 5.82. The Bertz CT molecular complexity index is 718. The molecule has 2 aromatic rings. The maximum atomic E-state index is 11.2. The monoisotopic (exact) mass is 331 g/mol. The van der Waals surface area contributed by atoms with Gasteiger partial charge in [0, 0.05) is 35.4 Å². The van der Waals surface area contributed by atoms with Gasteiger partial charge >= 0.3 is 5.97 Å². The van der Waals surface area contributed by atoms with Crippen LogP contribution < -0.4 is 4.90 Å². The van der Waals surface area contributed by atoms with E-state index < -0.39 is 5.97 Å². The lowest BCUT2D eigenvalue weighted by Gasteiger charge is -2.31. The smallest absolute Gasteiger partial charge is 0.308 e. The number of anilines is 1.